The van der Waals surface area contributed by atoms with Crippen molar-refractivity contribution in [3.8, 4) is 39.9 Å². The molecule has 0 bridgehead atoms. The number of aromatic nitrogens is 4. The standard InChI is InChI=1S/C51H30N4S/c1-2-14-34(15-3-1)49-52-50(37-22-21-31-11-4-5-16-35(31)29-37)54-51(53-49)55-43-27-24-32-12-6-8-17-38(32)46(43)42-20-10-19-40(48(42)55)36-23-26-41-45(30-36)56-44-28-25-33-13-7-9-18-39(33)47(41)44/h1-30H. The minimum absolute atomic E-state index is 0.583. The highest BCUT2D eigenvalue weighted by Gasteiger charge is 2.22. The molecule has 0 spiro atoms. The first-order valence-corrected chi connectivity index (χ1v) is 19.7. The van der Waals surface area contributed by atoms with Gasteiger partial charge in [0.05, 0.1) is 11.0 Å². The van der Waals surface area contributed by atoms with E-state index < -0.39 is 0 Å². The molecule has 0 atom stereocenters. The summed E-state index contributed by atoms with van der Waals surface area (Å²) in [7, 11) is 0. The van der Waals surface area contributed by atoms with Gasteiger partial charge in [-0.3, -0.25) is 4.57 Å². The van der Waals surface area contributed by atoms with E-state index in [1.54, 1.807) is 0 Å². The molecule has 12 aromatic rings. The Labute approximate surface area is 325 Å². The molecule has 12 rings (SSSR count). The lowest BCUT2D eigenvalue weighted by molar-refractivity contribution is 0.954. The van der Waals surface area contributed by atoms with Gasteiger partial charge in [-0.25, -0.2) is 4.98 Å². The van der Waals surface area contributed by atoms with Gasteiger partial charge in [0.15, 0.2) is 11.6 Å². The first-order valence-electron chi connectivity index (χ1n) is 18.9. The maximum Gasteiger partial charge on any atom is 0.238 e. The minimum Gasteiger partial charge on any atom is -0.277 e. The van der Waals surface area contributed by atoms with Crippen molar-refractivity contribution in [3.05, 3.63) is 182 Å². The molecule has 0 saturated heterocycles. The lowest BCUT2D eigenvalue weighted by atomic mass is 9.98. The highest BCUT2D eigenvalue weighted by atomic mass is 32.1. The van der Waals surface area contributed by atoms with Crippen molar-refractivity contribution < 1.29 is 0 Å². The Morgan fingerprint density at radius 1 is 0.375 bits per heavy atom. The van der Waals surface area contributed by atoms with E-state index in [0.29, 0.717) is 17.6 Å². The quantitative estimate of drug-likeness (QED) is 0.181. The van der Waals surface area contributed by atoms with Gasteiger partial charge in [0, 0.05) is 47.6 Å². The minimum atomic E-state index is 0.583. The van der Waals surface area contributed by atoms with Crippen molar-refractivity contribution in [2.75, 3.05) is 0 Å². The molecule has 0 saturated carbocycles. The lowest BCUT2D eigenvalue weighted by Crippen LogP contribution is -2.07. The molecule has 0 unspecified atom stereocenters. The third kappa shape index (κ3) is 4.75. The zero-order valence-corrected chi connectivity index (χ0v) is 30.8. The fourth-order valence-electron chi connectivity index (χ4n) is 8.63. The molecule has 0 fully saturated rings. The van der Waals surface area contributed by atoms with Crippen LogP contribution in [0.4, 0.5) is 0 Å². The van der Waals surface area contributed by atoms with E-state index in [9.17, 15) is 0 Å². The number of nitrogens with zero attached hydrogens (tertiary/aromatic N) is 4. The van der Waals surface area contributed by atoms with Gasteiger partial charge in [0.1, 0.15) is 0 Å². The number of benzene rings is 9. The summed E-state index contributed by atoms with van der Waals surface area (Å²) in [5, 5.41) is 12.2. The third-order valence-electron chi connectivity index (χ3n) is 11.2. The van der Waals surface area contributed by atoms with Crippen molar-refractivity contribution in [2.24, 2.45) is 0 Å². The summed E-state index contributed by atoms with van der Waals surface area (Å²) >= 11 is 1.86. The van der Waals surface area contributed by atoms with Crippen molar-refractivity contribution in [2.45, 2.75) is 0 Å². The molecule has 9 aromatic carbocycles. The number of thiophene rings is 1. The van der Waals surface area contributed by atoms with Crippen LogP contribution in [0.5, 0.6) is 0 Å². The number of para-hydroxylation sites is 1. The Kier molecular flexibility index (Phi) is 6.76. The van der Waals surface area contributed by atoms with Gasteiger partial charge in [-0.15, -0.1) is 11.3 Å². The molecular weight excluding hydrogens is 701 g/mol. The third-order valence-corrected chi connectivity index (χ3v) is 12.3. The second-order valence-electron chi connectivity index (χ2n) is 14.4. The Morgan fingerprint density at radius 3 is 1.84 bits per heavy atom. The maximum absolute atomic E-state index is 5.34. The molecule has 3 aromatic heterocycles. The molecule has 3 heterocycles. The van der Waals surface area contributed by atoms with E-state index in [1.807, 2.05) is 29.5 Å². The summed E-state index contributed by atoms with van der Waals surface area (Å²) in [4.78, 5) is 15.8. The monoisotopic (exact) mass is 730 g/mol. The van der Waals surface area contributed by atoms with Crippen LogP contribution in [0.3, 0.4) is 0 Å². The van der Waals surface area contributed by atoms with Gasteiger partial charge >= 0.3 is 0 Å². The average Bonchev–Trinajstić information content (AvgIpc) is 3.82. The van der Waals surface area contributed by atoms with Crippen LogP contribution in [-0.4, -0.2) is 19.5 Å². The second-order valence-corrected chi connectivity index (χ2v) is 15.5. The molecule has 260 valence electrons. The summed E-state index contributed by atoms with van der Waals surface area (Å²) in [6, 6.07) is 65.0. The lowest BCUT2D eigenvalue weighted by Gasteiger charge is -2.13. The van der Waals surface area contributed by atoms with Crippen molar-refractivity contribution >= 4 is 85.6 Å². The highest BCUT2D eigenvalue weighted by Crippen LogP contribution is 2.44. The van der Waals surface area contributed by atoms with E-state index >= 15 is 0 Å². The molecule has 0 aliphatic rings. The fraction of sp³-hybridized carbons (Fsp3) is 0. The Morgan fingerprint density at radius 2 is 1.02 bits per heavy atom. The SMILES string of the molecule is c1ccc(-c2nc(-c3ccc4ccccc4c3)nc(-n3c4ccc5ccccc5c4c4cccc(-c5ccc6c(c5)sc5ccc7ccccc7c56)c43)n2)cc1. The van der Waals surface area contributed by atoms with E-state index in [2.05, 4.69) is 168 Å². The van der Waals surface area contributed by atoms with Crippen LogP contribution >= 0.6 is 11.3 Å². The predicted octanol–water partition coefficient (Wildman–Crippen LogP) is 13.8. The Hall–Kier alpha value is -7.21. The van der Waals surface area contributed by atoms with E-state index in [4.69, 9.17) is 15.0 Å². The zero-order chi connectivity index (χ0) is 36.7. The van der Waals surface area contributed by atoms with Crippen molar-refractivity contribution in [1.29, 1.82) is 0 Å². The molecule has 0 radical (unpaired) electrons. The number of hydrogen-bond donors (Lipinski definition) is 0. The van der Waals surface area contributed by atoms with Crippen LogP contribution in [0.15, 0.2) is 182 Å². The first-order chi connectivity index (χ1) is 27.7. The normalized spacial score (nSPS) is 11.9. The van der Waals surface area contributed by atoms with Crippen molar-refractivity contribution in [1.82, 2.24) is 19.5 Å². The van der Waals surface area contributed by atoms with Crippen molar-refractivity contribution in [3.63, 3.8) is 0 Å². The molecule has 0 aliphatic carbocycles. The van der Waals surface area contributed by atoms with Crippen LogP contribution in [0, 0.1) is 0 Å². The topological polar surface area (TPSA) is 43.6 Å². The summed E-state index contributed by atoms with van der Waals surface area (Å²) in [6.45, 7) is 0. The maximum atomic E-state index is 5.34. The van der Waals surface area contributed by atoms with Gasteiger partial charge in [-0.2, -0.15) is 9.97 Å². The summed E-state index contributed by atoms with van der Waals surface area (Å²) in [5.74, 6) is 1.84. The van der Waals surface area contributed by atoms with Gasteiger partial charge in [0.2, 0.25) is 5.95 Å². The van der Waals surface area contributed by atoms with Gasteiger partial charge in [0.25, 0.3) is 0 Å². The molecule has 0 amide bonds. The first kappa shape index (κ1) is 31.2. The van der Waals surface area contributed by atoms with E-state index in [-0.39, 0.29) is 0 Å². The van der Waals surface area contributed by atoms with Gasteiger partial charge < -0.3 is 0 Å². The van der Waals surface area contributed by atoms with Crippen LogP contribution in [0.25, 0.3) is 114 Å². The summed E-state index contributed by atoms with van der Waals surface area (Å²) in [6.07, 6.45) is 0. The van der Waals surface area contributed by atoms with Crippen LogP contribution in [-0.2, 0) is 0 Å². The van der Waals surface area contributed by atoms with Crippen LogP contribution < -0.4 is 0 Å². The van der Waals surface area contributed by atoms with E-state index in [1.165, 1.54) is 52.5 Å². The number of rotatable bonds is 4. The second kappa shape index (κ2) is 12.2. The van der Waals surface area contributed by atoms with Crippen LogP contribution in [0.2, 0.25) is 0 Å². The Balaban J connectivity index is 1.17. The van der Waals surface area contributed by atoms with Gasteiger partial charge in [-0.1, -0.05) is 158 Å². The van der Waals surface area contributed by atoms with Gasteiger partial charge in [-0.05, 0) is 62.1 Å². The molecule has 4 nitrogen and oxygen atoms in total. The van der Waals surface area contributed by atoms with Crippen LogP contribution in [0.1, 0.15) is 0 Å². The number of fused-ring (bicyclic) bond motifs is 11. The number of hydrogen-bond acceptors (Lipinski definition) is 4. The predicted molar refractivity (Wildman–Crippen MR) is 236 cm³/mol. The smallest absolute Gasteiger partial charge is 0.238 e. The Bertz CT molecular complexity index is 3540. The average molecular weight is 731 g/mol. The zero-order valence-electron chi connectivity index (χ0n) is 30.0. The fourth-order valence-corrected chi connectivity index (χ4v) is 9.79. The summed E-state index contributed by atoms with van der Waals surface area (Å²) in [5.41, 5.74) is 6.28. The molecule has 56 heavy (non-hydrogen) atoms. The summed E-state index contributed by atoms with van der Waals surface area (Å²) < 4.78 is 4.84. The molecule has 5 heteroatoms. The molecular formula is C51H30N4S. The van der Waals surface area contributed by atoms with E-state index in [0.717, 1.165) is 44.1 Å². The highest BCUT2D eigenvalue weighted by molar-refractivity contribution is 7.26. The molecule has 0 aliphatic heterocycles. The largest absolute Gasteiger partial charge is 0.277 e. The molecule has 0 N–H and O–H groups in total.